The van der Waals surface area contributed by atoms with Crippen molar-refractivity contribution in [3.8, 4) is 5.75 Å². The van der Waals surface area contributed by atoms with Crippen LogP contribution in [0.15, 0.2) is 29.3 Å². The Balaban J connectivity index is 1.60. The summed E-state index contributed by atoms with van der Waals surface area (Å²) in [4.78, 5) is 6.82. The van der Waals surface area contributed by atoms with Crippen molar-refractivity contribution in [3.05, 3.63) is 29.8 Å². The average molecular weight is 330 g/mol. The van der Waals surface area contributed by atoms with E-state index in [9.17, 15) is 0 Å². The van der Waals surface area contributed by atoms with Crippen LogP contribution in [0.25, 0.3) is 0 Å². The summed E-state index contributed by atoms with van der Waals surface area (Å²) in [7, 11) is 4.03. The highest BCUT2D eigenvalue weighted by Crippen LogP contribution is 2.39. The molecule has 1 heterocycles. The summed E-state index contributed by atoms with van der Waals surface area (Å²) in [6.07, 6.45) is 3.60. The lowest BCUT2D eigenvalue weighted by Crippen LogP contribution is -2.46. The second kappa shape index (κ2) is 7.01. The number of hydrogen-bond acceptors (Lipinski definition) is 3. The Labute approximate surface area is 145 Å². The zero-order valence-corrected chi connectivity index (χ0v) is 15.3. The maximum Gasteiger partial charge on any atom is 0.191 e. The number of ether oxygens (including phenoxy) is 1. The molecule has 2 N–H and O–H groups in total. The SMILES string of the molecule is CN=C(NCCN(C)C1CC1)NC1CC(C)(C)Oc2ccccc21. The van der Waals surface area contributed by atoms with E-state index in [0.29, 0.717) is 0 Å². The van der Waals surface area contributed by atoms with Gasteiger partial charge in [-0.15, -0.1) is 0 Å². The van der Waals surface area contributed by atoms with Crippen LogP contribution in [-0.4, -0.2) is 49.7 Å². The Hall–Kier alpha value is -1.75. The van der Waals surface area contributed by atoms with E-state index in [0.717, 1.165) is 37.3 Å². The molecule has 1 aromatic carbocycles. The van der Waals surface area contributed by atoms with Crippen molar-refractivity contribution in [2.45, 2.75) is 50.8 Å². The van der Waals surface area contributed by atoms with Crippen LogP contribution in [0, 0.1) is 0 Å². The van der Waals surface area contributed by atoms with Crippen molar-refractivity contribution in [1.29, 1.82) is 0 Å². The van der Waals surface area contributed by atoms with Crippen LogP contribution < -0.4 is 15.4 Å². The number of rotatable bonds is 5. The van der Waals surface area contributed by atoms with Gasteiger partial charge in [-0.25, -0.2) is 0 Å². The molecule has 3 rings (SSSR count). The van der Waals surface area contributed by atoms with Crippen LogP contribution >= 0.6 is 0 Å². The van der Waals surface area contributed by atoms with Gasteiger partial charge in [-0.05, 0) is 39.8 Å². The molecule has 1 atom stereocenters. The maximum atomic E-state index is 6.10. The second-order valence-corrected chi connectivity index (χ2v) is 7.51. The molecule has 0 saturated heterocycles. The summed E-state index contributed by atoms with van der Waals surface area (Å²) >= 11 is 0. The smallest absolute Gasteiger partial charge is 0.191 e. The number of guanidine groups is 1. The zero-order chi connectivity index (χ0) is 17.2. The minimum atomic E-state index is -0.183. The number of benzene rings is 1. The minimum Gasteiger partial charge on any atom is -0.487 e. The quantitative estimate of drug-likeness (QED) is 0.643. The summed E-state index contributed by atoms with van der Waals surface area (Å²) in [6, 6.07) is 9.28. The Kier molecular flexibility index (Phi) is 4.99. The molecule has 1 saturated carbocycles. The number of hydrogen-bond donors (Lipinski definition) is 2. The Morgan fingerprint density at radius 1 is 1.33 bits per heavy atom. The Bertz CT molecular complexity index is 595. The fraction of sp³-hybridized carbons (Fsp3) is 0.632. The van der Waals surface area contributed by atoms with Crippen molar-refractivity contribution in [2.75, 3.05) is 27.2 Å². The number of fused-ring (bicyclic) bond motifs is 1. The molecule has 2 aliphatic rings. The van der Waals surface area contributed by atoms with Crippen molar-refractivity contribution < 1.29 is 4.74 Å². The van der Waals surface area contributed by atoms with Gasteiger partial charge in [0.15, 0.2) is 5.96 Å². The first-order valence-corrected chi connectivity index (χ1v) is 8.94. The minimum absolute atomic E-state index is 0.183. The van der Waals surface area contributed by atoms with Gasteiger partial charge in [0.25, 0.3) is 0 Å². The van der Waals surface area contributed by atoms with Gasteiger partial charge in [-0.3, -0.25) is 4.99 Å². The molecule has 5 nitrogen and oxygen atoms in total. The number of likely N-dealkylation sites (N-methyl/N-ethyl adjacent to an activating group) is 1. The molecule has 1 aromatic rings. The third kappa shape index (κ3) is 4.20. The number of nitrogens with zero attached hydrogens (tertiary/aromatic N) is 2. The third-order valence-corrected chi connectivity index (χ3v) is 4.84. The summed E-state index contributed by atoms with van der Waals surface area (Å²) in [6.45, 7) is 6.22. The standard InChI is InChI=1S/C19H30N4O/c1-19(2)13-16(15-7-5-6-8-17(15)24-19)22-18(20-3)21-11-12-23(4)14-9-10-14/h5-8,14,16H,9-13H2,1-4H3,(H2,20,21,22). The van der Waals surface area contributed by atoms with E-state index in [1.54, 1.807) is 0 Å². The van der Waals surface area contributed by atoms with E-state index in [4.69, 9.17) is 4.74 Å². The van der Waals surface area contributed by atoms with Crippen LogP contribution in [0.4, 0.5) is 0 Å². The first kappa shape index (κ1) is 17.1. The molecule has 132 valence electrons. The Morgan fingerprint density at radius 3 is 2.79 bits per heavy atom. The summed E-state index contributed by atoms with van der Waals surface area (Å²) in [5.41, 5.74) is 1.02. The molecule has 0 bridgehead atoms. The van der Waals surface area contributed by atoms with Gasteiger partial charge >= 0.3 is 0 Å². The zero-order valence-electron chi connectivity index (χ0n) is 15.3. The third-order valence-electron chi connectivity index (χ3n) is 4.84. The first-order valence-electron chi connectivity index (χ1n) is 8.94. The van der Waals surface area contributed by atoms with Crippen LogP contribution in [0.5, 0.6) is 5.75 Å². The van der Waals surface area contributed by atoms with Gasteiger partial charge in [0, 0.05) is 38.2 Å². The highest BCUT2D eigenvalue weighted by Gasteiger charge is 2.34. The highest BCUT2D eigenvalue weighted by molar-refractivity contribution is 5.80. The number of aliphatic imine (C=N–C) groups is 1. The lowest BCUT2D eigenvalue weighted by atomic mass is 9.90. The predicted octanol–water partition coefficient (Wildman–Crippen LogP) is 2.55. The topological polar surface area (TPSA) is 48.9 Å². The van der Waals surface area contributed by atoms with Gasteiger partial charge in [0.05, 0.1) is 6.04 Å². The molecule has 0 amide bonds. The number of para-hydroxylation sites is 1. The fourth-order valence-corrected chi connectivity index (χ4v) is 3.34. The maximum absolute atomic E-state index is 6.10. The van der Waals surface area contributed by atoms with Crippen LogP contribution in [0.2, 0.25) is 0 Å². The van der Waals surface area contributed by atoms with E-state index in [-0.39, 0.29) is 11.6 Å². The van der Waals surface area contributed by atoms with Crippen molar-refractivity contribution in [2.24, 2.45) is 4.99 Å². The van der Waals surface area contributed by atoms with Crippen molar-refractivity contribution in [3.63, 3.8) is 0 Å². The molecule has 5 heteroatoms. The van der Waals surface area contributed by atoms with Crippen LogP contribution in [0.3, 0.4) is 0 Å². The average Bonchev–Trinajstić information content (AvgIpc) is 3.37. The molecule has 1 aliphatic heterocycles. The summed E-state index contributed by atoms with van der Waals surface area (Å²) < 4.78 is 6.10. The monoisotopic (exact) mass is 330 g/mol. The van der Waals surface area contributed by atoms with E-state index in [1.807, 2.05) is 19.2 Å². The largest absolute Gasteiger partial charge is 0.487 e. The molecule has 1 aliphatic carbocycles. The molecule has 1 fully saturated rings. The normalized spacial score (nSPS) is 22.7. The van der Waals surface area contributed by atoms with Crippen molar-refractivity contribution in [1.82, 2.24) is 15.5 Å². The van der Waals surface area contributed by atoms with Gasteiger partial charge in [0.2, 0.25) is 0 Å². The van der Waals surface area contributed by atoms with E-state index in [2.05, 4.69) is 53.6 Å². The summed E-state index contributed by atoms with van der Waals surface area (Å²) in [5, 5.41) is 7.02. The molecule has 0 spiro atoms. The molecule has 0 radical (unpaired) electrons. The van der Waals surface area contributed by atoms with E-state index in [1.165, 1.54) is 18.4 Å². The summed E-state index contributed by atoms with van der Waals surface area (Å²) in [5.74, 6) is 1.83. The molecule has 24 heavy (non-hydrogen) atoms. The van der Waals surface area contributed by atoms with Crippen molar-refractivity contribution >= 4 is 5.96 Å². The van der Waals surface area contributed by atoms with Gasteiger partial charge in [-0.2, -0.15) is 0 Å². The molecule has 1 unspecified atom stereocenters. The van der Waals surface area contributed by atoms with Gasteiger partial charge < -0.3 is 20.3 Å². The van der Waals surface area contributed by atoms with E-state index >= 15 is 0 Å². The van der Waals surface area contributed by atoms with Gasteiger partial charge in [-0.1, -0.05) is 18.2 Å². The predicted molar refractivity (Wildman–Crippen MR) is 98.7 cm³/mol. The van der Waals surface area contributed by atoms with Gasteiger partial charge in [0.1, 0.15) is 11.4 Å². The lowest BCUT2D eigenvalue weighted by molar-refractivity contribution is 0.0694. The number of nitrogens with one attached hydrogen (secondary N) is 2. The highest BCUT2D eigenvalue weighted by atomic mass is 16.5. The van der Waals surface area contributed by atoms with Crippen LogP contribution in [0.1, 0.15) is 44.7 Å². The lowest BCUT2D eigenvalue weighted by Gasteiger charge is -2.38. The fourth-order valence-electron chi connectivity index (χ4n) is 3.34. The Morgan fingerprint density at radius 2 is 2.08 bits per heavy atom. The van der Waals surface area contributed by atoms with Crippen LogP contribution in [-0.2, 0) is 0 Å². The molecular formula is C19H30N4O. The molecule has 0 aromatic heterocycles. The first-order chi connectivity index (χ1) is 11.5. The second-order valence-electron chi connectivity index (χ2n) is 7.51. The van der Waals surface area contributed by atoms with E-state index < -0.39 is 0 Å². The molecular weight excluding hydrogens is 300 g/mol.